The van der Waals surface area contributed by atoms with Gasteiger partial charge in [-0.2, -0.15) is 0 Å². The average Bonchev–Trinajstić information content (AvgIpc) is 2.93. The number of hydrogen-bond donors (Lipinski definition) is 3. The number of aliphatic carboxylic acids is 1. The van der Waals surface area contributed by atoms with E-state index < -0.39 is 18.0 Å². The molecule has 0 amide bonds. The Bertz CT molecular complexity index is 686. The third-order valence-corrected chi connectivity index (χ3v) is 4.46. The molecule has 1 unspecified atom stereocenters. The number of nitrogens with one attached hydrogen (secondary N) is 1. The second-order valence-corrected chi connectivity index (χ2v) is 5.97. The fourth-order valence-electron chi connectivity index (χ4n) is 2.09. The Morgan fingerprint density at radius 2 is 1.95 bits per heavy atom. The summed E-state index contributed by atoms with van der Waals surface area (Å²) in [7, 11) is 0. The second-order valence-electron chi connectivity index (χ2n) is 4.56. The molecule has 0 saturated heterocycles. The summed E-state index contributed by atoms with van der Waals surface area (Å²) in [5.41, 5.74) is 0.748. The van der Waals surface area contributed by atoms with Crippen LogP contribution in [0.1, 0.15) is 26.8 Å². The molecule has 1 aromatic heterocycles. The summed E-state index contributed by atoms with van der Waals surface area (Å²) in [5, 5.41) is 23.4. The minimum atomic E-state index is -1.03. The summed E-state index contributed by atoms with van der Waals surface area (Å²) >= 11 is 7.37. The lowest BCUT2D eigenvalue weighted by Crippen LogP contribution is -2.30. The molecule has 0 bridgehead atoms. The Kier molecular flexibility index (Phi) is 5.54. The lowest BCUT2D eigenvalue weighted by atomic mass is 10.1. The second kappa shape index (κ2) is 7.40. The topological polar surface area (TPSA) is 86.6 Å². The summed E-state index contributed by atoms with van der Waals surface area (Å²) in [5.74, 6) is -2.00. The van der Waals surface area contributed by atoms with Crippen molar-refractivity contribution in [1.29, 1.82) is 0 Å². The third-order valence-electron chi connectivity index (χ3n) is 3.14. The predicted octanol–water partition coefficient (Wildman–Crippen LogP) is 3.06. The van der Waals surface area contributed by atoms with Crippen molar-refractivity contribution in [2.45, 2.75) is 12.5 Å². The Morgan fingerprint density at radius 1 is 1.23 bits per heavy atom. The van der Waals surface area contributed by atoms with Gasteiger partial charge in [0.25, 0.3) is 0 Å². The van der Waals surface area contributed by atoms with E-state index >= 15 is 0 Å². The first kappa shape index (κ1) is 16.5. The smallest absolute Gasteiger partial charge is 0.336 e. The van der Waals surface area contributed by atoms with Crippen LogP contribution in [0.5, 0.6) is 0 Å². The van der Waals surface area contributed by atoms with Crippen LogP contribution < -0.4 is 5.32 Å². The maximum atomic E-state index is 11.4. The Labute approximate surface area is 136 Å². The molecule has 1 atom stereocenters. The Morgan fingerprint density at radius 3 is 2.59 bits per heavy atom. The quantitative estimate of drug-likeness (QED) is 0.721. The minimum absolute atomic E-state index is 0.261. The summed E-state index contributed by atoms with van der Waals surface area (Å²) in [4.78, 5) is 23.1. The molecule has 0 spiro atoms. The van der Waals surface area contributed by atoms with E-state index in [9.17, 15) is 14.7 Å². The number of halogens is 1. The van der Waals surface area contributed by atoms with Gasteiger partial charge in [-0.1, -0.05) is 29.8 Å². The van der Waals surface area contributed by atoms with Crippen LogP contribution in [0.25, 0.3) is 0 Å². The van der Waals surface area contributed by atoms with Gasteiger partial charge < -0.3 is 15.5 Å². The monoisotopic (exact) mass is 339 g/mol. The Balaban J connectivity index is 2.04. The van der Waals surface area contributed by atoms with Crippen molar-refractivity contribution < 1.29 is 19.8 Å². The first-order valence-electron chi connectivity index (χ1n) is 6.51. The van der Waals surface area contributed by atoms with Crippen molar-refractivity contribution in [3.05, 3.63) is 56.7 Å². The van der Waals surface area contributed by atoms with Gasteiger partial charge in [-0.15, -0.1) is 11.3 Å². The zero-order valence-corrected chi connectivity index (χ0v) is 13.0. The highest BCUT2D eigenvalue weighted by Gasteiger charge is 2.21. The zero-order chi connectivity index (χ0) is 16.1. The largest absolute Gasteiger partial charge is 0.480 e. The highest BCUT2D eigenvalue weighted by Crippen LogP contribution is 2.23. The number of carboxylic acids is 2. The van der Waals surface area contributed by atoms with Crippen LogP contribution in [0, 0.1) is 0 Å². The number of carbonyl (C=O) groups is 2. The van der Waals surface area contributed by atoms with Gasteiger partial charge in [0, 0.05) is 16.4 Å². The van der Waals surface area contributed by atoms with Crippen molar-refractivity contribution in [3.8, 4) is 0 Å². The molecule has 1 heterocycles. The van der Waals surface area contributed by atoms with Gasteiger partial charge in [0.05, 0.1) is 5.56 Å². The van der Waals surface area contributed by atoms with Crippen LogP contribution in [-0.2, 0) is 11.2 Å². The fraction of sp³-hybridized carbons (Fsp3) is 0.200. The molecule has 7 heteroatoms. The summed E-state index contributed by atoms with van der Waals surface area (Å²) in [6.45, 7) is 0.336. The van der Waals surface area contributed by atoms with E-state index in [0.717, 1.165) is 0 Å². The number of aromatic carboxylic acids is 1. The van der Waals surface area contributed by atoms with Gasteiger partial charge in [-0.05, 0) is 29.5 Å². The van der Waals surface area contributed by atoms with Crippen LogP contribution in [0.15, 0.2) is 35.7 Å². The molecule has 22 heavy (non-hydrogen) atoms. The molecule has 0 fully saturated rings. The van der Waals surface area contributed by atoms with Crippen LogP contribution >= 0.6 is 22.9 Å². The van der Waals surface area contributed by atoms with Gasteiger partial charge >= 0.3 is 11.9 Å². The van der Waals surface area contributed by atoms with Crippen molar-refractivity contribution >= 4 is 34.9 Å². The Hall–Kier alpha value is -1.89. The maximum absolute atomic E-state index is 11.4. The molecule has 3 N–H and O–H groups in total. The van der Waals surface area contributed by atoms with Crippen LogP contribution in [0.4, 0.5) is 0 Å². The molecule has 116 valence electrons. The SMILES string of the molecule is O=C(O)c1ccsc1CCNC(C(=O)O)c1ccccc1Cl. The fourth-order valence-corrected chi connectivity index (χ4v) is 3.21. The van der Waals surface area contributed by atoms with Crippen molar-refractivity contribution in [2.24, 2.45) is 0 Å². The van der Waals surface area contributed by atoms with E-state index in [4.69, 9.17) is 16.7 Å². The van der Waals surface area contributed by atoms with Crippen LogP contribution in [0.2, 0.25) is 5.02 Å². The predicted molar refractivity (Wildman–Crippen MR) is 84.8 cm³/mol. The lowest BCUT2D eigenvalue weighted by Gasteiger charge is -2.16. The van der Waals surface area contributed by atoms with Crippen LogP contribution in [-0.4, -0.2) is 28.7 Å². The lowest BCUT2D eigenvalue weighted by molar-refractivity contribution is -0.139. The standard InChI is InChI=1S/C15H14ClNO4S/c16-11-4-2-1-3-9(11)13(15(20)21)17-7-5-12-10(14(18)19)6-8-22-12/h1-4,6,8,13,17H,5,7H2,(H,18,19)(H,20,21). The highest BCUT2D eigenvalue weighted by molar-refractivity contribution is 7.10. The number of carboxylic acid groups (broad SMARTS) is 2. The molecule has 0 aliphatic carbocycles. The molecular weight excluding hydrogens is 326 g/mol. The van der Waals surface area contributed by atoms with E-state index in [1.54, 1.807) is 35.7 Å². The number of rotatable bonds is 7. The first-order chi connectivity index (χ1) is 10.5. The molecule has 2 rings (SSSR count). The van der Waals surface area contributed by atoms with Crippen molar-refractivity contribution in [1.82, 2.24) is 5.32 Å². The highest BCUT2D eigenvalue weighted by atomic mass is 35.5. The van der Waals surface area contributed by atoms with E-state index in [-0.39, 0.29) is 5.56 Å². The molecule has 5 nitrogen and oxygen atoms in total. The summed E-state index contributed by atoms with van der Waals surface area (Å²) in [6, 6.07) is 7.36. The molecule has 0 aliphatic rings. The minimum Gasteiger partial charge on any atom is -0.480 e. The molecule has 2 aromatic rings. The first-order valence-corrected chi connectivity index (χ1v) is 7.76. The van der Waals surface area contributed by atoms with Crippen molar-refractivity contribution in [2.75, 3.05) is 6.54 Å². The molecule has 0 aliphatic heterocycles. The van der Waals surface area contributed by atoms with E-state index in [1.807, 2.05) is 0 Å². The normalized spacial score (nSPS) is 12.0. The van der Waals surface area contributed by atoms with E-state index in [0.29, 0.717) is 28.4 Å². The zero-order valence-electron chi connectivity index (χ0n) is 11.5. The third kappa shape index (κ3) is 3.85. The number of benzene rings is 1. The van der Waals surface area contributed by atoms with Crippen molar-refractivity contribution in [3.63, 3.8) is 0 Å². The average molecular weight is 340 g/mol. The molecular formula is C15H14ClNO4S. The van der Waals surface area contributed by atoms with Gasteiger partial charge in [-0.3, -0.25) is 4.79 Å². The van der Waals surface area contributed by atoms with Crippen LogP contribution in [0.3, 0.4) is 0 Å². The molecule has 1 aromatic carbocycles. The van der Waals surface area contributed by atoms with Gasteiger partial charge in [0.15, 0.2) is 0 Å². The van der Waals surface area contributed by atoms with Gasteiger partial charge in [-0.25, -0.2) is 4.79 Å². The number of thiophene rings is 1. The van der Waals surface area contributed by atoms with E-state index in [1.165, 1.54) is 11.3 Å². The summed E-state index contributed by atoms with van der Waals surface area (Å²) < 4.78 is 0. The van der Waals surface area contributed by atoms with E-state index in [2.05, 4.69) is 5.32 Å². The molecule has 0 radical (unpaired) electrons. The van der Waals surface area contributed by atoms with Gasteiger partial charge in [0.2, 0.25) is 0 Å². The molecule has 0 saturated carbocycles. The maximum Gasteiger partial charge on any atom is 0.336 e. The summed E-state index contributed by atoms with van der Waals surface area (Å²) in [6.07, 6.45) is 0.438. The van der Waals surface area contributed by atoms with Gasteiger partial charge in [0.1, 0.15) is 6.04 Å². The number of hydrogen-bond acceptors (Lipinski definition) is 4.